The summed E-state index contributed by atoms with van der Waals surface area (Å²) in [6, 6.07) is 4.70. The summed E-state index contributed by atoms with van der Waals surface area (Å²) in [5, 5.41) is 0. The number of benzene rings is 1. The third-order valence-electron chi connectivity index (χ3n) is 3.15. The van der Waals surface area contributed by atoms with Gasteiger partial charge in [-0.2, -0.15) is 0 Å². The van der Waals surface area contributed by atoms with Crippen LogP contribution in [-0.4, -0.2) is 19.0 Å². The lowest BCUT2D eigenvalue weighted by Gasteiger charge is -2.21. The number of hydrogen-bond acceptors (Lipinski definition) is 2. The first kappa shape index (κ1) is 13.6. The zero-order chi connectivity index (χ0) is 13.7. The molecule has 1 aromatic rings. The number of nitrogens with two attached hydrogens (primary N) is 1. The van der Waals surface area contributed by atoms with E-state index in [1.54, 1.807) is 17.0 Å². The lowest BCUT2D eigenvalue weighted by atomic mass is 10.1. The number of carbonyl (C=O) groups excluding carboxylic acids is 1. The molecule has 1 saturated heterocycles. The van der Waals surface area contributed by atoms with E-state index >= 15 is 0 Å². The third kappa shape index (κ3) is 3.33. The Morgan fingerprint density at radius 1 is 1.32 bits per heavy atom. The molecule has 0 bridgehead atoms. The molecule has 0 saturated carbocycles. The number of nitrogens with zero attached hydrogens (tertiary/aromatic N) is 1. The van der Waals surface area contributed by atoms with Gasteiger partial charge in [-0.25, -0.2) is 4.39 Å². The SMILES string of the molecule is NCC#Cc1ccc(N2CCCCCC2=O)c(F)c1. The van der Waals surface area contributed by atoms with Gasteiger partial charge < -0.3 is 10.6 Å². The lowest BCUT2D eigenvalue weighted by Crippen LogP contribution is -2.30. The third-order valence-corrected chi connectivity index (χ3v) is 3.15. The molecule has 1 amide bonds. The largest absolute Gasteiger partial charge is 0.320 e. The molecule has 1 aromatic carbocycles. The van der Waals surface area contributed by atoms with E-state index in [9.17, 15) is 9.18 Å². The van der Waals surface area contributed by atoms with Crippen LogP contribution in [0.3, 0.4) is 0 Å². The number of anilines is 1. The van der Waals surface area contributed by atoms with E-state index in [0.717, 1.165) is 19.3 Å². The Labute approximate surface area is 112 Å². The van der Waals surface area contributed by atoms with Gasteiger partial charge in [-0.3, -0.25) is 4.79 Å². The summed E-state index contributed by atoms with van der Waals surface area (Å²) in [7, 11) is 0. The minimum Gasteiger partial charge on any atom is -0.320 e. The first-order chi connectivity index (χ1) is 9.22. The highest BCUT2D eigenvalue weighted by molar-refractivity contribution is 5.93. The van der Waals surface area contributed by atoms with Gasteiger partial charge in [0, 0.05) is 18.5 Å². The van der Waals surface area contributed by atoms with Crippen molar-refractivity contribution in [1.29, 1.82) is 0 Å². The monoisotopic (exact) mass is 260 g/mol. The topological polar surface area (TPSA) is 46.3 Å². The number of halogens is 1. The summed E-state index contributed by atoms with van der Waals surface area (Å²) in [6.07, 6.45) is 3.31. The van der Waals surface area contributed by atoms with Crippen molar-refractivity contribution in [3.63, 3.8) is 0 Å². The Balaban J connectivity index is 2.26. The Hall–Kier alpha value is -1.86. The molecule has 1 aliphatic rings. The maximum absolute atomic E-state index is 14.1. The molecule has 0 aliphatic carbocycles. The molecule has 2 rings (SSSR count). The normalized spacial score (nSPS) is 15.7. The van der Waals surface area contributed by atoms with E-state index in [2.05, 4.69) is 11.8 Å². The molecular weight excluding hydrogens is 243 g/mol. The number of carbonyl (C=O) groups is 1. The smallest absolute Gasteiger partial charge is 0.227 e. The second-order valence-corrected chi connectivity index (χ2v) is 4.53. The van der Waals surface area contributed by atoms with E-state index in [1.165, 1.54) is 6.07 Å². The summed E-state index contributed by atoms with van der Waals surface area (Å²) in [5.74, 6) is 5.05. The van der Waals surface area contributed by atoms with Gasteiger partial charge in [0.2, 0.25) is 5.91 Å². The fourth-order valence-electron chi connectivity index (χ4n) is 2.19. The number of amides is 1. The molecule has 0 unspecified atom stereocenters. The minimum atomic E-state index is -0.404. The fourth-order valence-corrected chi connectivity index (χ4v) is 2.19. The van der Waals surface area contributed by atoms with Crippen LogP contribution in [0.2, 0.25) is 0 Å². The van der Waals surface area contributed by atoms with Crippen molar-refractivity contribution in [1.82, 2.24) is 0 Å². The predicted molar refractivity (Wildman–Crippen MR) is 73.2 cm³/mol. The van der Waals surface area contributed by atoms with E-state index in [1.807, 2.05) is 0 Å². The molecule has 4 heteroatoms. The van der Waals surface area contributed by atoms with Crippen molar-refractivity contribution in [3.05, 3.63) is 29.6 Å². The van der Waals surface area contributed by atoms with Crippen molar-refractivity contribution in [2.24, 2.45) is 5.73 Å². The molecule has 0 atom stereocenters. The van der Waals surface area contributed by atoms with Crippen molar-refractivity contribution < 1.29 is 9.18 Å². The van der Waals surface area contributed by atoms with E-state index in [4.69, 9.17) is 5.73 Å². The van der Waals surface area contributed by atoms with E-state index < -0.39 is 5.82 Å². The van der Waals surface area contributed by atoms with Gasteiger partial charge in [-0.1, -0.05) is 18.3 Å². The lowest BCUT2D eigenvalue weighted by molar-refractivity contribution is -0.118. The molecule has 1 aliphatic heterocycles. The molecule has 2 N–H and O–H groups in total. The Morgan fingerprint density at radius 3 is 2.89 bits per heavy atom. The van der Waals surface area contributed by atoms with Crippen LogP contribution < -0.4 is 10.6 Å². The Morgan fingerprint density at radius 2 is 2.16 bits per heavy atom. The highest BCUT2D eigenvalue weighted by Crippen LogP contribution is 2.24. The van der Waals surface area contributed by atoms with Crippen LogP contribution in [0.15, 0.2) is 18.2 Å². The highest BCUT2D eigenvalue weighted by atomic mass is 19.1. The standard InChI is InChI=1S/C15H17FN2O/c16-13-11-12(5-4-9-17)7-8-14(13)18-10-3-1-2-6-15(18)19/h7-8,11H,1-3,6,9-10,17H2. The van der Waals surface area contributed by atoms with Crippen LogP contribution in [0.1, 0.15) is 31.2 Å². The van der Waals surface area contributed by atoms with Gasteiger partial charge >= 0.3 is 0 Å². The Kier molecular flexibility index (Phi) is 4.53. The number of hydrogen-bond donors (Lipinski definition) is 1. The molecular formula is C15H17FN2O. The molecule has 0 spiro atoms. The van der Waals surface area contributed by atoms with Crippen molar-refractivity contribution >= 4 is 11.6 Å². The van der Waals surface area contributed by atoms with Gasteiger partial charge in [-0.15, -0.1) is 0 Å². The minimum absolute atomic E-state index is 0.00260. The average molecular weight is 260 g/mol. The molecule has 0 radical (unpaired) electrons. The summed E-state index contributed by atoms with van der Waals surface area (Å²) in [5.41, 5.74) is 6.21. The fraction of sp³-hybridized carbons (Fsp3) is 0.400. The summed E-state index contributed by atoms with van der Waals surface area (Å²) in [6.45, 7) is 0.831. The molecule has 0 aromatic heterocycles. The molecule has 1 heterocycles. The van der Waals surface area contributed by atoms with Crippen molar-refractivity contribution in [2.75, 3.05) is 18.0 Å². The van der Waals surface area contributed by atoms with Gasteiger partial charge in [0.15, 0.2) is 0 Å². The first-order valence-corrected chi connectivity index (χ1v) is 6.51. The van der Waals surface area contributed by atoms with Crippen LogP contribution in [0.5, 0.6) is 0 Å². The van der Waals surface area contributed by atoms with Gasteiger partial charge in [0.05, 0.1) is 12.2 Å². The maximum Gasteiger partial charge on any atom is 0.227 e. The molecule has 1 fully saturated rings. The zero-order valence-corrected chi connectivity index (χ0v) is 10.8. The van der Waals surface area contributed by atoms with Gasteiger partial charge in [-0.05, 0) is 31.0 Å². The zero-order valence-electron chi connectivity index (χ0n) is 10.8. The Bertz CT molecular complexity index is 531. The summed E-state index contributed by atoms with van der Waals surface area (Å²) >= 11 is 0. The van der Waals surface area contributed by atoms with E-state index in [-0.39, 0.29) is 12.5 Å². The molecule has 19 heavy (non-hydrogen) atoms. The molecule has 3 nitrogen and oxygen atoms in total. The summed E-state index contributed by atoms with van der Waals surface area (Å²) < 4.78 is 14.1. The summed E-state index contributed by atoms with van der Waals surface area (Å²) in [4.78, 5) is 13.5. The first-order valence-electron chi connectivity index (χ1n) is 6.51. The van der Waals surface area contributed by atoms with E-state index in [0.29, 0.717) is 24.2 Å². The van der Waals surface area contributed by atoms with Gasteiger partial charge in [0.1, 0.15) is 5.82 Å². The average Bonchev–Trinajstić information content (AvgIpc) is 2.61. The molecule has 100 valence electrons. The van der Waals surface area contributed by atoms with Crippen LogP contribution in [-0.2, 0) is 4.79 Å². The maximum atomic E-state index is 14.1. The van der Waals surface area contributed by atoms with Crippen LogP contribution >= 0.6 is 0 Å². The highest BCUT2D eigenvalue weighted by Gasteiger charge is 2.20. The van der Waals surface area contributed by atoms with Crippen molar-refractivity contribution in [2.45, 2.75) is 25.7 Å². The second-order valence-electron chi connectivity index (χ2n) is 4.53. The van der Waals surface area contributed by atoms with Gasteiger partial charge in [0.25, 0.3) is 0 Å². The van der Waals surface area contributed by atoms with Crippen LogP contribution in [0.4, 0.5) is 10.1 Å². The number of rotatable bonds is 1. The predicted octanol–water partition coefficient (Wildman–Crippen LogP) is 2.04. The van der Waals surface area contributed by atoms with Crippen LogP contribution in [0, 0.1) is 17.7 Å². The van der Waals surface area contributed by atoms with Crippen molar-refractivity contribution in [3.8, 4) is 11.8 Å². The second kappa shape index (κ2) is 6.35. The quantitative estimate of drug-likeness (QED) is 0.785. The van der Waals surface area contributed by atoms with Crippen LogP contribution in [0.25, 0.3) is 0 Å².